The molecule has 2 saturated heterocycles. The largest absolute Gasteiger partial charge is 0.480 e. The van der Waals surface area contributed by atoms with Crippen molar-refractivity contribution in [3.8, 4) is 0 Å². The van der Waals surface area contributed by atoms with E-state index in [1.807, 2.05) is 0 Å². The van der Waals surface area contributed by atoms with Crippen LogP contribution >= 0.6 is 0 Å². The predicted molar refractivity (Wildman–Crippen MR) is 66.3 cm³/mol. The summed E-state index contributed by atoms with van der Waals surface area (Å²) in [6, 6.07) is -1.23. The molecule has 7 heteroatoms. The summed E-state index contributed by atoms with van der Waals surface area (Å²) in [6.07, 6.45) is 2.64. The Morgan fingerprint density at radius 1 is 1.11 bits per heavy atom. The van der Waals surface area contributed by atoms with Crippen LogP contribution in [-0.2, 0) is 9.59 Å². The van der Waals surface area contributed by atoms with Gasteiger partial charge in [-0.15, -0.1) is 0 Å². The zero-order valence-corrected chi connectivity index (χ0v) is 10.7. The van der Waals surface area contributed by atoms with Crippen LogP contribution in [0.4, 0.5) is 4.79 Å². The molecule has 0 radical (unpaired) electrons. The van der Waals surface area contributed by atoms with Crippen molar-refractivity contribution in [2.45, 2.75) is 31.7 Å². The first kappa shape index (κ1) is 13.6. The first-order chi connectivity index (χ1) is 9.00. The van der Waals surface area contributed by atoms with E-state index in [0.717, 1.165) is 12.8 Å². The molecule has 0 saturated carbocycles. The standard InChI is InChI=1S/C12H19N3O4/c13-12(19)14-5-1-3-8(7-14)10(16)15-6-2-4-9(15)11(17)18/h8-9H,1-7H2,(H2,13,19)(H,17,18). The Balaban J connectivity index is 2.02. The van der Waals surface area contributed by atoms with Gasteiger partial charge in [0.15, 0.2) is 0 Å². The van der Waals surface area contributed by atoms with E-state index in [9.17, 15) is 14.4 Å². The zero-order valence-electron chi connectivity index (χ0n) is 10.7. The van der Waals surface area contributed by atoms with Gasteiger partial charge in [-0.3, -0.25) is 4.79 Å². The van der Waals surface area contributed by atoms with Crippen molar-refractivity contribution >= 4 is 17.9 Å². The number of primary amides is 1. The lowest BCUT2D eigenvalue weighted by Gasteiger charge is -2.34. The fourth-order valence-electron chi connectivity index (χ4n) is 2.90. The number of nitrogens with two attached hydrogens (primary N) is 1. The number of carboxylic acids is 1. The Morgan fingerprint density at radius 2 is 1.79 bits per heavy atom. The quantitative estimate of drug-likeness (QED) is 0.727. The van der Waals surface area contributed by atoms with Crippen molar-refractivity contribution in [2.24, 2.45) is 11.7 Å². The molecule has 2 aliphatic rings. The zero-order chi connectivity index (χ0) is 14.0. The molecule has 106 valence electrons. The number of nitrogens with zero attached hydrogens (tertiary/aromatic N) is 2. The summed E-state index contributed by atoms with van der Waals surface area (Å²) in [7, 11) is 0. The fraction of sp³-hybridized carbons (Fsp3) is 0.750. The molecule has 0 spiro atoms. The van der Waals surface area contributed by atoms with Crippen LogP contribution in [0.15, 0.2) is 0 Å². The first-order valence-corrected chi connectivity index (χ1v) is 6.58. The predicted octanol–water partition coefficient (Wildman–Crippen LogP) is -0.147. The van der Waals surface area contributed by atoms with Gasteiger partial charge in [0.2, 0.25) is 5.91 Å². The Bertz CT molecular complexity index is 398. The third-order valence-corrected chi connectivity index (χ3v) is 3.90. The molecule has 3 N–H and O–H groups in total. The van der Waals surface area contributed by atoms with Gasteiger partial charge < -0.3 is 20.6 Å². The smallest absolute Gasteiger partial charge is 0.326 e. The molecule has 0 aromatic rings. The maximum absolute atomic E-state index is 12.4. The number of hydrogen-bond donors (Lipinski definition) is 2. The number of aliphatic carboxylic acids is 1. The van der Waals surface area contributed by atoms with Gasteiger partial charge in [0.25, 0.3) is 0 Å². The van der Waals surface area contributed by atoms with Gasteiger partial charge in [-0.1, -0.05) is 0 Å². The molecule has 2 aliphatic heterocycles. The van der Waals surface area contributed by atoms with Crippen molar-refractivity contribution in [1.82, 2.24) is 9.80 Å². The highest BCUT2D eigenvalue weighted by Crippen LogP contribution is 2.24. The van der Waals surface area contributed by atoms with Gasteiger partial charge in [-0.05, 0) is 25.7 Å². The van der Waals surface area contributed by atoms with Gasteiger partial charge >= 0.3 is 12.0 Å². The number of urea groups is 1. The fourth-order valence-corrected chi connectivity index (χ4v) is 2.90. The second kappa shape index (κ2) is 5.46. The minimum absolute atomic E-state index is 0.157. The van der Waals surface area contributed by atoms with Gasteiger partial charge in [-0.25, -0.2) is 9.59 Å². The van der Waals surface area contributed by atoms with E-state index >= 15 is 0 Å². The lowest BCUT2D eigenvalue weighted by atomic mass is 9.96. The molecule has 3 amide bonds. The number of rotatable bonds is 2. The lowest BCUT2D eigenvalue weighted by molar-refractivity contribution is -0.150. The van der Waals surface area contributed by atoms with Crippen molar-refractivity contribution in [3.63, 3.8) is 0 Å². The number of piperidine rings is 1. The Hall–Kier alpha value is -1.79. The van der Waals surface area contributed by atoms with E-state index in [4.69, 9.17) is 10.8 Å². The van der Waals surface area contributed by atoms with Crippen molar-refractivity contribution < 1.29 is 19.5 Å². The lowest BCUT2D eigenvalue weighted by Crippen LogP contribution is -2.50. The molecular formula is C12H19N3O4. The second-order valence-corrected chi connectivity index (χ2v) is 5.15. The molecule has 0 bridgehead atoms. The van der Waals surface area contributed by atoms with Gasteiger partial charge in [0.05, 0.1) is 5.92 Å². The monoisotopic (exact) mass is 269 g/mol. The molecule has 19 heavy (non-hydrogen) atoms. The second-order valence-electron chi connectivity index (χ2n) is 5.15. The summed E-state index contributed by atoms with van der Waals surface area (Å²) in [5, 5.41) is 9.09. The summed E-state index contributed by atoms with van der Waals surface area (Å²) >= 11 is 0. The average molecular weight is 269 g/mol. The summed E-state index contributed by atoms with van der Waals surface area (Å²) in [5.41, 5.74) is 5.23. The molecule has 2 heterocycles. The average Bonchev–Trinajstić information content (AvgIpc) is 2.87. The van der Waals surface area contributed by atoms with Crippen molar-refractivity contribution in [1.29, 1.82) is 0 Å². The van der Waals surface area contributed by atoms with Crippen LogP contribution in [0.2, 0.25) is 0 Å². The number of carbonyl (C=O) groups is 3. The minimum Gasteiger partial charge on any atom is -0.480 e. The Morgan fingerprint density at radius 3 is 2.42 bits per heavy atom. The first-order valence-electron chi connectivity index (χ1n) is 6.58. The van der Waals surface area contributed by atoms with Crippen LogP contribution < -0.4 is 5.73 Å². The summed E-state index contributed by atoms with van der Waals surface area (Å²) in [5.74, 6) is -1.43. The van der Waals surface area contributed by atoms with Crippen LogP contribution in [0.25, 0.3) is 0 Å². The Kier molecular flexibility index (Phi) is 3.92. The summed E-state index contributed by atoms with van der Waals surface area (Å²) in [4.78, 5) is 37.5. The number of carboxylic acid groups (broad SMARTS) is 1. The van der Waals surface area contributed by atoms with Crippen LogP contribution in [-0.4, -0.2) is 58.5 Å². The Labute approximate surface area is 111 Å². The van der Waals surface area contributed by atoms with E-state index in [-0.39, 0.29) is 11.8 Å². The van der Waals surface area contributed by atoms with Gasteiger partial charge in [0, 0.05) is 19.6 Å². The van der Waals surface area contributed by atoms with Gasteiger partial charge in [0.1, 0.15) is 6.04 Å². The number of hydrogen-bond acceptors (Lipinski definition) is 3. The molecular weight excluding hydrogens is 250 g/mol. The molecule has 0 aliphatic carbocycles. The molecule has 2 unspecified atom stereocenters. The SMILES string of the molecule is NC(=O)N1CCCC(C(=O)N2CCCC2C(=O)O)C1. The van der Waals surface area contributed by atoms with Crippen LogP contribution in [0, 0.1) is 5.92 Å². The summed E-state index contributed by atoms with van der Waals surface area (Å²) < 4.78 is 0. The number of likely N-dealkylation sites (tertiary alicyclic amines) is 2. The van der Waals surface area contributed by atoms with Crippen LogP contribution in [0.1, 0.15) is 25.7 Å². The number of amides is 3. The molecule has 7 nitrogen and oxygen atoms in total. The minimum atomic E-state index is -0.951. The highest BCUT2D eigenvalue weighted by molar-refractivity contribution is 5.86. The maximum Gasteiger partial charge on any atom is 0.326 e. The third-order valence-electron chi connectivity index (χ3n) is 3.90. The molecule has 2 rings (SSSR count). The normalized spacial score (nSPS) is 27.4. The highest BCUT2D eigenvalue weighted by Gasteiger charge is 2.38. The van der Waals surface area contributed by atoms with Crippen molar-refractivity contribution in [2.75, 3.05) is 19.6 Å². The topological polar surface area (TPSA) is 104 Å². The van der Waals surface area contributed by atoms with E-state index < -0.39 is 18.0 Å². The van der Waals surface area contributed by atoms with Gasteiger partial charge in [-0.2, -0.15) is 0 Å². The van der Waals surface area contributed by atoms with E-state index in [1.54, 1.807) is 0 Å². The molecule has 0 aromatic carbocycles. The van der Waals surface area contributed by atoms with Crippen LogP contribution in [0.3, 0.4) is 0 Å². The molecule has 2 fully saturated rings. The maximum atomic E-state index is 12.4. The van der Waals surface area contributed by atoms with E-state index in [2.05, 4.69) is 0 Å². The van der Waals surface area contributed by atoms with Crippen molar-refractivity contribution in [3.05, 3.63) is 0 Å². The third kappa shape index (κ3) is 2.80. The van der Waals surface area contributed by atoms with E-state index in [1.165, 1.54) is 9.80 Å². The highest BCUT2D eigenvalue weighted by atomic mass is 16.4. The van der Waals surface area contributed by atoms with Crippen LogP contribution in [0.5, 0.6) is 0 Å². The number of carbonyl (C=O) groups excluding carboxylic acids is 2. The van der Waals surface area contributed by atoms with E-state index in [0.29, 0.717) is 32.5 Å². The molecule has 2 atom stereocenters. The summed E-state index contributed by atoms with van der Waals surface area (Å²) in [6.45, 7) is 1.36. The molecule has 0 aromatic heterocycles.